The summed E-state index contributed by atoms with van der Waals surface area (Å²) in [6, 6.07) is 1.77. The van der Waals surface area contributed by atoms with Crippen LogP contribution in [-0.2, 0) is 19.3 Å². The molecule has 108 valence electrons. The first kappa shape index (κ1) is 15.9. The van der Waals surface area contributed by atoms with Crippen LogP contribution < -0.4 is 0 Å². The van der Waals surface area contributed by atoms with E-state index in [2.05, 4.69) is 13.8 Å². The lowest BCUT2D eigenvalue weighted by molar-refractivity contribution is 0.398. The van der Waals surface area contributed by atoms with Crippen LogP contribution in [0.5, 0.6) is 11.5 Å². The van der Waals surface area contributed by atoms with Gasteiger partial charge in [0.05, 0.1) is 0 Å². The summed E-state index contributed by atoms with van der Waals surface area (Å²) >= 11 is 0. The highest BCUT2D eigenvalue weighted by Crippen LogP contribution is 2.36. The molecule has 1 rings (SSSR count). The average Bonchev–Trinajstić information content (AvgIpc) is 2.41. The van der Waals surface area contributed by atoms with Gasteiger partial charge in [0.15, 0.2) is 11.5 Å². The summed E-state index contributed by atoms with van der Waals surface area (Å²) in [4.78, 5) is 0. The Hall–Kier alpha value is -1.18. The molecule has 0 aliphatic heterocycles. The van der Waals surface area contributed by atoms with Crippen molar-refractivity contribution in [2.24, 2.45) is 0 Å². The Morgan fingerprint density at radius 2 is 1.53 bits per heavy atom. The summed E-state index contributed by atoms with van der Waals surface area (Å²) in [6.07, 6.45) is 8.66. The Morgan fingerprint density at radius 3 is 2.11 bits per heavy atom. The van der Waals surface area contributed by atoms with Gasteiger partial charge in [-0.3, -0.25) is 0 Å². The second-order valence-corrected chi connectivity index (χ2v) is 5.27. The number of hydrogen-bond acceptors (Lipinski definition) is 2. The first-order valence-corrected chi connectivity index (χ1v) is 7.71. The lowest BCUT2D eigenvalue weighted by atomic mass is 9.91. The quantitative estimate of drug-likeness (QED) is 0.526. The van der Waals surface area contributed by atoms with Gasteiger partial charge in [0.25, 0.3) is 0 Å². The van der Waals surface area contributed by atoms with Crippen molar-refractivity contribution in [2.75, 3.05) is 0 Å². The highest BCUT2D eigenvalue weighted by atomic mass is 16.3. The number of aryl methyl sites for hydroxylation is 1. The molecule has 0 fully saturated rings. The molecule has 0 saturated carbocycles. The molecule has 2 nitrogen and oxygen atoms in total. The Kier molecular flexibility index (Phi) is 6.75. The van der Waals surface area contributed by atoms with Gasteiger partial charge in [-0.15, -0.1) is 0 Å². The van der Waals surface area contributed by atoms with Crippen molar-refractivity contribution < 1.29 is 10.2 Å². The van der Waals surface area contributed by atoms with E-state index >= 15 is 0 Å². The first-order valence-electron chi connectivity index (χ1n) is 7.71. The molecule has 1 aromatic carbocycles. The van der Waals surface area contributed by atoms with E-state index in [0.29, 0.717) is 0 Å². The highest BCUT2D eigenvalue weighted by Gasteiger charge is 2.15. The zero-order valence-corrected chi connectivity index (χ0v) is 12.6. The fourth-order valence-corrected chi connectivity index (χ4v) is 2.65. The van der Waals surface area contributed by atoms with Crippen molar-refractivity contribution in [2.45, 2.75) is 72.1 Å². The molecule has 0 aliphatic rings. The van der Waals surface area contributed by atoms with E-state index in [0.717, 1.165) is 44.1 Å². The van der Waals surface area contributed by atoms with Crippen LogP contribution in [-0.4, -0.2) is 10.2 Å². The summed E-state index contributed by atoms with van der Waals surface area (Å²) in [5, 5.41) is 19.9. The third kappa shape index (κ3) is 4.15. The minimum atomic E-state index is 0.0437. The number of phenolic OH excluding ortho intramolecular Hbond substituents is 2. The number of hydrogen-bond donors (Lipinski definition) is 2. The lowest BCUT2D eigenvalue weighted by Gasteiger charge is -2.17. The van der Waals surface area contributed by atoms with E-state index in [-0.39, 0.29) is 11.5 Å². The predicted octanol–water partition coefficient (Wildman–Crippen LogP) is 4.74. The predicted molar refractivity (Wildman–Crippen MR) is 81.0 cm³/mol. The van der Waals surface area contributed by atoms with E-state index in [1.54, 1.807) is 6.07 Å². The molecule has 2 heteroatoms. The van der Waals surface area contributed by atoms with E-state index < -0.39 is 0 Å². The normalized spacial score (nSPS) is 10.9. The fourth-order valence-electron chi connectivity index (χ4n) is 2.65. The van der Waals surface area contributed by atoms with Gasteiger partial charge in [-0.2, -0.15) is 0 Å². The van der Waals surface area contributed by atoms with Gasteiger partial charge in [-0.1, -0.05) is 40.0 Å². The molecule has 0 atom stereocenters. The standard InChI is InChI=1S/C17H28O2/c1-4-7-9-11-15-13(10-8-5-2)12-16(18)17(19)14(15)6-3/h12,18-19H,4-11H2,1-3H3. The lowest BCUT2D eigenvalue weighted by Crippen LogP contribution is -2.01. The minimum Gasteiger partial charge on any atom is -0.504 e. The summed E-state index contributed by atoms with van der Waals surface area (Å²) in [6.45, 7) is 6.42. The minimum absolute atomic E-state index is 0.0437. The molecule has 0 spiro atoms. The van der Waals surface area contributed by atoms with Crippen LogP contribution in [0.15, 0.2) is 6.07 Å². The molecule has 1 aromatic rings. The molecule has 0 heterocycles. The second kappa shape index (κ2) is 8.08. The van der Waals surface area contributed by atoms with Crippen LogP contribution in [0.25, 0.3) is 0 Å². The van der Waals surface area contributed by atoms with Gasteiger partial charge in [0.2, 0.25) is 0 Å². The molecule has 0 aromatic heterocycles. The fraction of sp³-hybridized carbons (Fsp3) is 0.647. The number of benzene rings is 1. The molecule has 0 unspecified atom stereocenters. The maximum atomic E-state index is 10.0. The maximum absolute atomic E-state index is 10.0. The topological polar surface area (TPSA) is 40.5 Å². The van der Waals surface area contributed by atoms with Crippen molar-refractivity contribution in [3.05, 3.63) is 22.8 Å². The van der Waals surface area contributed by atoms with Crippen LogP contribution in [0.4, 0.5) is 0 Å². The Bertz CT molecular complexity index is 397. The summed E-state index contributed by atoms with van der Waals surface area (Å²) < 4.78 is 0. The Balaban J connectivity index is 3.07. The molecule has 0 amide bonds. The third-order valence-electron chi connectivity index (χ3n) is 3.77. The molecule has 0 radical (unpaired) electrons. The largest absolute Gasteiger partial charge is 0.504 e. The van der Waals surface area contributed by atoms with Gasteiger partial charge < -0.3 is 10.2 Å². The summed E-state index contributed by atoms with van der Waals surface area (Å²) in [5.74, 6) is 0.136. The zero-order valence-electron chi connectivity index (χ0n) is 12.6. The van der Waals surface area contributed by atoms with Gasteiger partial charge >= 0.3 is 0 Å². The molecule has 0 bridgehead atoms. The maximum Gasteiger partial charge on any atom is 0.160 e. The van der Waals surface area contributed by atoms with E-state index in [1.807, 2.05) is 6.92 Å². The van der Waals surface area contributed by atoms with Gasteiger partial charge in [-0.05, 0) is 49.3 Å². The smallest absolute Gasteiger partial charge is 0.160 e. The van der Waals surface area contributed by atoms with Gasteiger partial charge in [0, 0.05) is 5.56 Å². The number of rotatable bonds is 8. The number of unbranched alkanes of at least 4 members (excludes halogenated alkanes) is 3. The second-order valence-electron chi connectivity index (χ2n) is 5.27. The van der Waals surface area contributed by atoms with Crippen LogP contribution in [0.3, 0.4) is 0 Å². The summed E-state index contributed by atoms with van der Waals surface area (Å²) in [5.41, 5.74) is 3.45. The average molecular weight is 264 g/mol. The number of phenols is 2. The molecule has 19 heavy (non-hydrogen) atoms. The monoisotopic (exact) mass is 264 g/mol. The van der Waals surface area contributed by atoms with E-state index in [4.69, 9.17) is 0 Å². The Morgan fingerprint density at radius 1 is 0.842 bits per heavy atom. The van der Waals surface area contributed by atoms with Crippen LogP contribution >= 0.6 is 0 Å². The van der Waals surface area contributed by atoms with Crippen molar-refractivity contribution in [3.8, 4) is 11.5 Å². The van der Waals surface area contributed by atoms with E-state index in [1.165, 1.54) is 24.0 Å². The van der Waals surface area contributed by atoms with Crippen molar-refractivity contribution in [1.29, 1.82) is 0 Å². The van der Waals surface area contributed by atoms with Crippen molar-refractivity contribution >= 4 is 0 Å². The molecular weight excluding hydrogens is 236 g/mol. The van der Waals surface area contributed by atoms with Crippen LogP contribution in [0.1, 0.15) is 69.6 Å². The zero-order chi connectivity index (χ0) is 14.3. The van der Waals surface area contributed by atoms with Gasteiger partial charge in [-0.25, -0.2) is 0 Å². The summed E-state index contributed by atoms with van der Waals surface area (Å²) in [7, 11) is 0. The SMILES string of the molecule is CCCCCc1c(CCCC)cc(O)c(O)c1CC. The number of aromatic hydroxyl groups is 2. The van der Waals surface area contributed by atoms with Crippen molar-refractivity contribution in [3.63, 3.8) is 0 Å². The van der Waals surface area contributed by atoms with Crippen molar-refractivity contribution in [1.82, 2.24) is 0 Å². The molecule has 2 N–H and O–H groups in total. The van der Waals surface area contributed by atoms with E-state index in [9.17, 15) is 10.2 Å². The van der Waals surface area contributed by atoms with Crippen LogP contribution in [0.2, 0.25) is 0 Å². The molecule has 0 saturated heterocycles. The Labute approximate surface area is 117 Å². The molecule has 0 aliphatic carbocycles. The van der Waals surface area contributed by atoms with Crippen LogP contribution in [0, 0.1) is 0 Å². The first-order chi connectivity index (χ1) is 9.15. The molecular formula is C17H28O2. The highest BCUT2D eigenvalue weighted by molar-refractivity contribution is 5.53. The third-order valence-corrected chi connectivity index (χ3v) is 3.77. The van der Waals surface area contributed by atoms with Gasteiger partial charge in [0.1, 0.15) is 0 Å².